The molecule has 0 saturated heterocycles. The van der Waals surface area contributed by atoms with E-state index < -0.39 is 11.6 Å². The van der Waals surface area contributed by atoms with E-state index in [4.69, 9.17) is 5.11 Å². The molecule has 1 amide bonds. The molecule has 0 unspecified atom stereocenters. The fourth-order valence-corrected chi connectivity index (χ4v) is 1.41. The molecule has 3 N–H and O–H groups in total. The molecular formula is C11H11FN4O2. The standard InChI is InChI=1S/C11H11FN4O2/c12-8-3-7(1-2-9(8)17)4-11(18)13-5-10-14-6-15-16-10/h1-3,6,17H,4-5H2,(H,13,18)(H,14,15,16). The van der Waals surface area contributed by atoms with E-state index in [-0.39, 0.29) is 18.9 Å². The third-order valence-corrected chi connectivity index (χ3v) is 2.29. The number of benzene rings is 1. The lowest BCUT2D eigenvalue weighted by molar-refractivity contribution is -0.120. The van der Waals surface area contributed by atoms with E-state index in [0.29, 0.717) is 11.4 Å². The third-order valence-electron chi connectivity index (χ3n) is 2.29. The molecular weight excluding hydrogens is 239 g/mol. The van der Waals surface area contributed by atoms with Gasteiger partial charge >= 0.3 is 0 Å². The van der Waals surface area contributed by atoms with Crippen molar-refractivity contribution in [2.24, 2.45) is 0 Å². The lowest BCUT2D eigenvalue weighted by Crippen LogP contribution is -2.25. The maximum atomic E-state index is 13.0. The Morgan fingerprint density at radius 2 is 2.33 bits per heavy atom. The minimum absolute atomic E-state index is 0.0331. The largest absolute Gasteiger partial charge is 0.505 e. The number of nitrogens with one attached hydrogen (secondary N) is 2. The van der Waals surface area contributed by atoms with Crippen molar-refractivity contribution in [3.05, 3.63) is 41.7 Å². The van der Waals surface area contributed by atoms with Crippen LogP contribution < -0.4 is 5.32 Å². The molecule has 1 heterocycles. The summed E-state index contributed by atoms with van der Waals surface area (Å²) in [6.07, 6.45) is 1.38. The minimum atomic E-state index is -0.740. The molecule has 0 aliphatic carbocycles. The van der Waals surface area contributed by atoms with Crippen molar-refractivity contribution in [1.29, 1.82) is 0 Å². The maximum absolute atomic E-state index is 13.0. The molecule has 94 valence electrons. The zero-order chi connectivity index (χ0) is 13.0. The van der Waals surface area contributed by atoms with Crippen LogP contribution in [0.25, 0.3) is 0 Å². The van der Waals surface area contributed by atoms with Crippen molar-refractivity contribution in [2.45, 2.75) is 13.0 Å². The molecule has 0 saturated carbocycles. The van der Waals surface area contributed by atoms with Gasteiger partial charge in [-0.05, 0) is 17.7 Å². The fourth-order valence-electron chi connectivity index (χ4n) is 1.41. The second kappa shape index (κ2) is 5.26. The Morgan fingerprint density at radius 3 is 3.00 bits per heavy atom. The van der Waals surface area contributed by atoms with Gasteiger partial charge < -0.3 is 10.4 Å². The van der Waals surface area contributed by atoms with Crippen LogP contribution in [0.3, 0.4) is 0 Å². The van der Waals surface area contributed by atoms with Gasteiger partial charge in [-0.1, -0.05) is 6.07 Å². The Morgan fingerprint density at radius 1 is 1.50 bits per heavy atom. The van der Waals surface area contributed by atoms with Crippen molar-refractivity contribution >= 4 is 5.91 Å². The average Bonchev–Trinajstić information content (AvgIpc) is 2.84. The second-order valence-corrected chi connectivity index (χ2v) is 3.67. The van der Waals surface area contributed by atoms with Crippen LogP contribution in [0.1, 0.15) is 11.4 Å². The first kappa shape index (κ1) is 12.0. The van der Waals surface area contributed by atoms with Crippen molar-refractivity contribution in [3.8, 4) is 5.75 Å². The predicted octanol–water partition coefficient (Wildman–Crippen LogP) is 0.508. The quantitative estimate of drug-likeness (QED) is 0.737. The van der Waals surface area contributed by atoms with Gasteiger partial charge in [-0.15, -0.1) is 0 Å². The summed E-state index contributed by atoms with van der Waals surface area (Å²) in [5.41, 5.74) is 0.486. The Balaban J connectivity index is 1.88. The number of carbonyl (C=O) groups is 1. The lowest BCUT2D eigenvalue weighted by atomic mass is 10.1. The van der Waals surface area contributed by atoms with Gasteiger partial charge in [0.2, 0.25) is 5.91 Å². The molecule has 0 fully saturated rings. The predicted molar refractivity (Wildman–Crippen MR) is 60.0 cm³/mol. The van der Waals surface area contributed by atoms with Crippen LogP contribution in [-0.2, 0) is 17.8 Å². The van der Waals surface area contributed by atoms with Gasteiger partial charge in [-0.3, -0.25) is 9.89 Å². The van der Waals surface area contributed by atoms with E-state index in [2.05, 4.69) is 20.5 Å². The highest BCUT2D eigenvalue weighted by atomic mass is 19.1. The van der Waals surface area contributed by atoms with Crippen LogP contribution in [0.2, 0.25) is 0 Å². The van der Waals surface area contributed by atoms with Crippen LogP contribution in [-0.4, -0.2) is 26.2 Å². The number of aromatic nitrogens is 3. The van der Waals surface area contributed by atoms with Crippen LogP contribution in [0.15, 0.2) is 24.5 Å². The Labute approximate surface area is 102 Å². The molecule has 0 aliphatic rings. The Bertz CT molecular complexity index is 542. The highest BCUT2D eigenvalue weighted by Gasteiger charge is 2.07. The number of hydrogen-bond donors (Lipinski definition) is 3. The van der Waals surface area contributed by atoms with Gasteiger partial charge in [-0.25, -0.2) is 9.37 Å². The normalized spacial score (nSPS) is 10.3. The molecule has 2 aromatic rings. The Hall–Kier alpha value is -2.44. The van der Waals surface area contributed by atoms with Crippen LogP contribution in [0, 0.1) is 5.82 Å². The number of phenolic OH excluding ortho intramolecular Hbond substituents is 1. The van der Waals surface area contributed by atoms with Gasteiger partial charge in [0, 0.05) is 0 Å². The maximum Gasteiger partial charge on any atom is 0.224 e. The van der Waals surface area contributed by atoms with Gasteiger partial charge in [0.15, 0.2) is 11.6 Å². The first-order valence-corrected chi connectivity index (χ1v) is 5.23. The topological polar surface area (TPSA) is 90.9 Å². The molecule has 6 nitrogen and oxygen atoms in total. The first-order valence-electron chi connectivity index (χ1n) is 5.23. The molecule has 2 rings (SSSR count). The van der Waals surface area contributed by atoms with E-state index in [1.807, 2.05) is 0 Å². The van der Waals surface area contributed by atoms with E-state index in [1.54, 1.807) is 0 Å². The number of amides is 1. The van der Waals surface area contributed by atoms with E-state index in [0.717, 1.165) is 6.07 Å². The van der Waals surface area contributed by atoms with Gasteiger partial charge in [0.05, 0.1) is 13.0 Å². The number of carbonyl (C=O) groups excluding carboxylic acids is 1. The summed E-state index contributed by atoms with van der Waals surface area (Å²) in [4.78, 5) is 15.4. The Kier molecular flexibility index (Phi) is 3.52. The average molecular weight is 250 g/mol. The van der Waals surface area contributed by atoms with Crippen LogP contribution >= 0.6 is 0 Å². The first-order chi connectivity index (χ1) is 8.65. The van der Waals surface area contributed by atoms with Crippen molar-refractivity contribution in [2.75, 3.05) is 0 Å². The number of rotatable bonds is 4. The second-order valence-electron chi connectivity index (χ2n) is 3.67. The summed E-state index contributed by atoms with van der Waals surface area (Å²) >= 11 is 0. The minimum Gasteiger partial charge on any atom is -0.505 e. The number of hydrogen-bond acceptors (Lipinski definition) is 4. The van der Waals surface area contributed by atoms with Gasteiger partial charge in [0.1, 0.15) is 12.2 Å². The zero-order valence-corrected chi connectivity index (χ0v) is 9.35. The number of aromatic amines is 1. The van der Waals surface area contributed by atoms with Crippen molar-refractivity contribution in [1.82, 2.24) is 20.5 Å². The highest BCUT2D eigenvalue weighted by molar-refractivity contribution is 5.78. The van der Waals surface area contributed by atoms with E-state index in [9.17, 15) is 9.18 Å². The highest BCUT2D eigenvalue weighted by Crippen LogP contribution is 2.16. The molecule has 1 aromatic carbocycles. The fraction of sp³-hybridized carbons (Fsp3) is 0.182. The van der Waals surface area contributed by atoms with E-state index >= 15 is 0 Å². The van der Waals surface area contributed by atoms with Crippen molar-refractivity contribution < 1.29 is 14.3 Å². The molecule has 0 atom stereocenters. The number of halogens is 1. The summed E-state index contributed by atoms with van der Waals surface area (Å²) in [5, 5.41) is 17.9. The number of H-pyrrole nitrogens is 1. The van der Waals surface area contributed by atoms with Gasteiger partial charge in [-0.2, -0.15) is 5.10 Å². The van der Waals surface area contributed by atoms with E-state index in [1.165, 1.54) is 18.5 Å². The molecule has 0 spiro atoms. The monoisotopic (exact) mass is 250 g/mol. The number of aromatic hydroxyl groups is 1. The molecule has 0 radical (unpaired) electrons. The SMILES string of the molecule is O=C(Cc1ccc(O)c(F)c1)NCc1ncn[nH]1. The van der Waals surface area contributed by atoms with Gasteiger partial charge in [0.25, 0.3) is 0 Å². The molecule has 1 aromatic heterocycles. The molecule has 0 aliphatic heterocycles. The number of phenols is 1. The third kappa shape index (κ3) is 3.03. The van der Waals surface area contributed by atoms with Crippen LogP contribution in [0.5, 0.6) is 5.75 Å². The summed E-state index contributed by atoms with van der Waals surface area (Å²) in [5.74, 6) is -0.895. The lowest BCUT2D eigenvalue weighted by Gasteiger charge is -2.04. The molecule has 18 heavy (non-hydrogen) atoms. The summed E-state index contributed by atoms with van der Waals surface area (Å²) in [7, 11) is 0. The number of nitrogens with zero attached hydrogens (tertiary/aromatic N) is 2. The van der Waals surface area contributed by atoms with Crippen molar-refractivity contribution in [3.63, 3.8) is 0 Å². The summed E-state index contributed by atoms with van der Waals surface area (Å²) in [6.45, 7) is 0.236. The molecule has 7 heteroatoms. The van der Waals surface area contributed by atoms with Crippen LogP contribution in [0.4, 0.5) is 4.39 Å². The molecule has 0 bridgehead atoms. The smallest absolute Gasteiger partial charge is 0.224 e. The zero-order valence-electron chi connectivity index (χ0n) is 9.35. The summed E-state index contributed by atoms with van der Waals surface area (Å²) < 4.78 is 13.0. The summed E-state index contributed by atoms with van der Waals surface area (Å²) in [6, 6.07) is 3.84.